The van der Waals surface area contributed by atoms with Crippen LogP contribution >= 0.6 is 24.0 Å². The summed E-state index contributed by atoms with van der Waals surface area (Å²) >= 11 is 6.26. The largest absolute Gasteiger partial charge is 0.488 e. The van der Waals surface area contributed by atoms with Crippen LogP contribution in [0.5, 0.6) is 5.75 Å². The summed E-state index contributed by atoms with van der Waals surface area (Å²) in [7, 11) is 0. The molecule has 0 radical (unpaired) electrons. The van der Waals surface area contributed by atoms with Crippen LogP contribution in [-0.4, -0.2) is 0 Å². The number of rotatable bonds is 7. The van der Waals surface area contributed by atoms with Gasteiger partial charge in [0.1, 0.15) is 18.1 Å². The third-order valence-corrected chi connectivity index (χ3v) is 4.89. The molecule has 0 amide bonds. The van der Waals surface area contributed by atoms with Crippen molar-refractivity contribution in [2.45, 2.75) is 19.7 Å². The third-order valence-electron chi connectivity index (χ3n) is 4.52. The van der Waals surface area contributed by atoms with E-state index in [9.17, 15) is 0 Å². The molecule has 0 saturated heterocycles. The average Bonchev–Trinajstić information content (AvgIpc) is 3.21. The van der Waals surface area contributed by atoms with Gasteiger partial charge in [-0.15, -0.1) is 12.4 Å². The van der Waals surface area contributed by atoms with Gasteiger partial charge in [-0.3, -0.25) is 0 Å². The first-order valence-corrected chi connectivity index (χ1v) is 9.29. The van der Waals surface area contributed by atoms with E-state index in [4.69, 9.17) is 20.8 Å². The van der Waals surface area contributed by atoms with Crippen LogP contribution in [0.1, 0.15) is 16.9 Å². The van der Waals surface area contributed by atoms with Crippen LogP contribution < -0.4 is 10.1 Å². The first-order chi connectivity index (χ1) is 13.3. The number of furan rings is 1. The summed E-state index contributed by atoms with van der Waals surface area (Å²) < 4.78 is 11.6. The number of hydrogen-bond acceptors (Lipinski definition) is 3. The predicted octanol–water partition coefficient (Wildman–Crippen LogP) is 6.38. The molecular formula is C23H21Cl2NO2. The monoisotopic (exact) mass is 413 g/mol. The number of halogens is 2. The Balaban J connectivity index is 0.00000225. The zero-order chi connectivity index (χ0) is 18.5. The number of benzene rings is 3. The molecule has 28 heavy (non-hydrogen) atoms. The van der Waals surface area contributed by atoms with Gasteiger partial charge in [0.25, 0.3) is 0 Å². The number of nitrogens with one attached hydrogen (secondary N) is 1. The van der Waals surface area contributed by atoms with Crippen molar-refractivity contribution in [3.63, 3.8) is 0 Å². The highest BCUT2D eigenvalue weighted by atomic mass is 35.5. The molecule has 0 saturated carbocycles. The Morgan fingerprint density at radius 2 is 1.68 bits per heavy atom. The van der Waals surface area contributed by atoms with Gasteiger partial charge in [-0.25, -0.2) is 0 Å². The van der Waals surface area contributed by atoms with Gasteiger partial charge in [0, 0.05) is 22.7 Å². The lowest BCUT2D eigenvalue weighted by atomic mass is 10.0. The lowest BCUT2D eigenvalue weighted by molar-refractivity contribution is 0.302. The van der Waals surface area contributed by atoms with Crippen molar-refractivity contribution in [1.29, 1.82) is 0 Å². The van der Waals surface area contributed by atoms with E-state index < -0.39 is 0 Å². The SMILES string of the molecule is Cl.Clc1ccccc1COc1ccc2ccccc2c1CNCc1ccco1. The highest BCUT2D eigenvalue weighted by Gasteiger charge is 2.10. The zero-order valence-corrected chi connectivity index (χ0v) is 16.8. The quantitative estimate of drug-likeness (QED) is 0.381. The second kappa shape index (κ2) is 9.65. The third kappa shape index (κ3) is 4.68. The number of hydrogen-bond donors (Lipinski definition) is 1. The number of ether oxygens (including phenoxy) is 1. The summed E-state index contributed by atoms with van der Waals surface area (Å²) in [5, 5.41) is 6.54. The van der Waals surface area contributed by atoms with E-state index in [-0.39, 0.29) is 12.4 Å². The normalized spacial score (nSPS) is 10.6. The van der Waals surface area contributed by atoms with Crippen molar-refractivity contribution >= 4 is 34.8 Å². The molecule has 0 spiro atoms. The first-order valence-electron chi connectivity index (χ1n) is 8.91. The fourth-order valence-corrected chi connectivity index (χ4v) is 3.32. The van der Waals surface area contributed by atoms with Crippen LogP contribution in [0.25, 0.3) is 10.8 Å². The Bertz CT molecular complexity index is 1030. The molecule has 0 aliphatic heterocycles. The van der Waals surface area contributed by atoms with Gasteiger partial charge in [0.2, 0.25) is 0 Å². The lowest BCUT2D eigenvalue weighted by Crippen LogP contribution is -2.13. The Hall–Kier alpha value is -2.46. The van der Waals surface area contributed by atoms with Crippen LogP contribution in [0, 0.1) is 0 Å². The van der Waals surface area contributed by atoms with E-state index in [0.29, 0.717) is 19.7 Å². The van der Waals surface area contributed by atoms with E-state index in [1.165, 1.54) is 10.8 Å². The molecule has 0 unspecified atom stereocenters. The molecule has 0 aliphatic rings. The van der Waals surface area contributed by atoms with E-state index in [2.05, 4.69) is 29.6 Å². The average molecular weight is 414 g/mol. The van der Waals surface area contributed by atoms with Crippen molar-refractivity contribution in [2.24, 2.45) is 0 Å². The molecule has 0 bridgehead atoms. The standard InChI is InChI=1S/C23H20ClNO2.ClH/c24-22-10-4-2-7-18(22)16-27-23-12-11-17-6-1-3-9-20(17)21(23)15-25-14-19-8-5-13-26-19;/h1-13,25H,14-16H2;1H. The Morgan fingerprint density at radius 3 is 2.50 bits per heavy atom. The van der Waals surface area contributed by atoms with Crippen LogP contribution in [0.2, 0.25) is 5.02 Å². The highest BCUT2D eigenvalue weighted by molar-refractivity contribution is 6.31. The van der Waals surface area contributed by atoms with Gasteiger partial charge in [0.05, 0.1) is 12.8 Å². The second-order valence-electron chi connectivity index (χ2n) is 6.33. The van der Waals surface area contributed by atoms with Gasteiger partial charge in [-0.1, -0.05) is 60.1 Å². The Kier molecular flexibility index (Phi) is 6.99. The Morgan fingerprint density at radius 1 is 0.857 bits per heavy atom. The van der Waals surface area contributed by atoms with Crippen molar-refractivity contribution in [3.8, 4) is 5.75 Å². The zero-order valence-electron chi connectivity index (χ0n) is 15.2. The van der Waals surface area contributed by atoms with Gasteiger partial charge >= 0.3 is 0 Å². The fourth-order valence-electron chi connectivity index (χ4n) is 3.13. The summed E-state index contributed by atoms with van der Waals surface area (Å²) in [4.78, 5) is 0. The van der Waals surface area contributed by atoms with Gasteiger partial charge in [-0.05, 0) is 35.0 Å². The van der Waals surface area contributed by atoms with E-state index in [1.807, 2.05) is 48.5 Å². The summed E-state index contributed by atoms with van der Waals surface area (Å²) in [6.45, 7) is 1.78. The van der Waals surface area contributed by atoms with Crippen LogP contribution in [0.15, 0.2) is 83.5 Å². The molecule has 144 valence electrons. The van der Waals surface area contributed by atoms with Gasteiger partial charge < -0.3 is 14.5 Å². The van der Waals surface area contributed by atoms with Crippen LogP contribution in [0.4, 0.5) is 0 Å². The smallest absolute Gasteiger partial charge is 0.124 e. The summed E-state index contributed by atoms with van der Waals surface area (Å²) in [6.07, 6.45) is 1.69. The van der Waals surface area contributed by atoms with Crippen LogP contribution in [0.3, 0.4) is 0 Å². The van der Waals surface area contributed by atoms with Gasteiger partial charge in [0.15, 0.2) is 0 Å². The van der Waals surface area contributed by atoms with Crippen molar-refractivity contribution in [3.05, 3.63) is 101 Å². The van der Waals surface area contributed by atoms with E-state index >= 15 is 0 Å². The van der Waals surface area contributed by atoms with E-state index in [1.54, 1.807) is 6.26 Å². The topological polar surface area (TPSA) is 34.4 Å². The van der Waals surface area contributed by atoms with E-state index in [0.717, 1.165) is 27.7 Å². The minimum Gasteiger partial charge on any atom is -0.488 e. The maximum absolute atomic E-state index is 6.26. The minimum atomic E-state index is 0. The molecule has 3 aromatic carbocycles. The maximum atomic E-state index is 6.26. The molecule has 1 heterocycles. The first kappa shape index (κ1) is 20.3. The second-order valence-corrected chi connectivity index (χ2v) is 6.73. The highest BCUT2D eigenvalue weighted by Crippen LogP contribution is 2.29. The minimum absolute atomic E-state index is 0. The molecule has 3 nitrogen and oxygen atoms in total. The van der Waals surface area contributed by atoms with Crippen molar-refractivity contribution in [1.82, 2.24) is 5.32 Å². The molecular weight excluding hydrogens is 393 g/mol. The fraction of sp³-hybridized carbons (Fsp3) is 0.130. The predicted molar refractivity (Wildman–Crippen MR) is 116 cm³/mol. The van der Waals surface area contributed by atoms with Crippen molar-refractivity contribution < 1.29 is 9.15 Å². The van der Waals surface area contributed by atoms with Gasteiger partial charge in [-0.2, -0.15) is 0 Å². The van der Waals surface area contributed by atoms with Crippen LogP contribution in [-0.2, 0) is 19.7 Å². The summed E-state index contributed by atoms with van der Waals surface area (Å²) in [5.41, 5.74) is 2.11. The Labute approximate surface area is 175 Å². The molecule has 1 N–H and O–H groups in total. The lowest BCUT2D eigenvalue weighted by Gasteiger charge is -2.15. The molecule has 0 fully saturated rings. The molecule has 5 heteroatoms. The maximum Gasteiger partial charge on any atom is 0.124 e. The molecule has 0 aliphatic carbocycles. The molecule has 1 aromatic heterocycles. The summed E-state index contributed by atoms with van der Waals surface area (Å²) in [6, 6.07) is 24.1. The molecule has 0 atom stereocenters. The number of fused-ring (bicyclic) bond motifs is 1. The molecule has 4 rings (SSSR count). The molecule has 4 aromatic rings. The van der Waals surface area contributed by atoms with Crippen molar-refractivity contribution in [2.75, 3.05) is 0 Å². The summed E-state index contributed by atoms with van der Waals surface area (Å²) in [5.74, 6) is 1.77.